The predicted octanol–water partition coefficient (Wildman–Crippen LogP) is 15.5. The predicted molar refractivity (Wildman–Crippen MR) is 363 cm³/mol. The number of hydrogen-bond acceptors (Lipinski definition) is 13. The molecule has 0 unspecified atom stereocenters. The Morgan fingerprint density at radius 3 is 1.78 bits per heavy atom. The SMILES string of the molecule is C=Cc1ccc2c(C)cc(C)c(O)c2n1.Cc1ccc(Oc2c(Br)cc(Br)c3cccnc23)c([N+](=O)[O-])c1.Cc1ccc(S(=O)(=O)c2ccc3c4c(c5cc(C)ccc5nc24)-c2ccccc2C3=O)cc1.Cc1ccc([I+]c2ccc(C)cc2)cc1.O=S(=O)([O-])C(F)(F)F. The summed E-state index contributed by atoms with van der Waals surface area (Å²) >= 11 is 6.92. The largest absolute Gasteiger partial charge is 0.741 e. The number of fused-ring (bicyclic) bond motifs is 6. The Labute approximate surface area is 567 Å². The van der Waals surface area contributed by atoms with Gasteiger partial charge in [0.25, 0.3) is 0 Å². The summed E-state index contributed by atoms with van der Waals surface area (Å²) in [5.74, 6) is 0.766. The second kappa shape index (κ2) is 28.8. The van der Waals surface area contributed by atoms with Crippen molar-refractivity contribution in [2.45, 2.75) is 63.8 Å². The first-order valence-electron chi connectivity index (χ1n) is 28.5. The van der Waals surface area contributed by atoms with Gasteiger partial charge in [-0.3, -0.25) is 19.9 Å². The maximum atomic E-state index is 13.7. The molecule has 478 valence electrons. The third-order valence-corrected chi connectivity index (χ3v) is 21.0. The number of carbonyl (C=O) groups is 1. The van der Waals surface area contributed by atoms with Gasteiger partial charge in [0.15, 0.2) is 28.8 Å². The highest BCUT2D eigenvalue weighted by Crippen LogP contribution is 2.46. The van der Waals surface area contributed by atoms with E-state index in [1.54, 1.807) is 61.7 Å². The Morgan fingerprint density at radius 2 is 1.18 bits per heavy atom. The van der Waals surface area contributed by atoms with E-state index in [0.717, 1.165) is 65.3 Å². The molecule has 0 radical (unpaired) electrons. The van der Waals surface area contributed by atoms with Crippen molar-refractivity contribution in [1.29, 1.82) is 0 Å². The second-order valence-corrected chi connectivity index (χ2v) is 29.7. The number of alkyl halides is 3. The van der Waals surface area contributed by atoms with Gasteiger partial charge in [-0.25, -0.2) is 26.8 Å². The van der Waals surface area contributed by atoms with Crippen molar-refractivity contribution in [1.82, 2.24) is 15.0 Å². The fourth-order valence-electron chi connectivity index (χ4n) is 9.99. The smallest absolute Gasteiger partial charge is 0.485 e. The van der Waals surface area contributed by atoms with Crippen molar-refractivity contribution in [3.63, 3.8) is 0 Å². The molecule has 0 saturated heterocycles. The van der Waals surface area contributed by atoms with Gasteiger partial charge in [0, 0.05) is 55.0 Å². The quantitative estimate of drug-likeness (QED) is 0.0374. The number of ether oxygens (including phenoxy) is 1. The minimum Gasteiger partial charge on any atom is -0.741 e. The van der Waals surface area contributed by atoms with E-state index in [9.17, 15) is 41.6 Å². The lowest BCUT2D eigenvalue weighted by atomic mass is 9.82. The molecule has 14 nitrogen and oxygen atoms in total. The van der Waals surface area contributed by atoms with Crippen molar-refractivity contribution in [2.24, 2.45) is 0 Å². The number of ketones is 1. The number of rotatable bonds is 8. The molecule has 0 saturated carbocycles. The van der Waals surface area contributed by atoms with Gasteiger partial charge in [0.05, 0.1) is 35.9 Å². The number of benzene rings is 9. The van der Waals surface area contributed by atoms with Crippen LogP contribution in [0.5, 0.6) is 17.2 Å². The summed E-state index contributed by atoms with van der Waals surface area (Å²) in [6, 6.07) is 57.4. The Hall–Kier alpha value is -8.78. The van der Waals surface area contributed by atoms with Crippen molar-refractivity contribution in [2.75, 3.05) is 0 Å². The van der Waals surface area contributed by atoms with Gasteiger partial charge in [-0.15, -0.1) is 0 Å². The average Bonchev–Trinajstić information content (AvgIpc) is 0.709. The molecule has 1 aliphatic rings. The lowest BCUT2D eigenvalue weighted by Crippen LogP contribution is -3.61. The topological polar surface area (TPSA) is 220 Å². The Kier molecular flexibility index (Phi) is 21.3. The van der Waals surface area contributed by atoms with E-state index in [2.05, 4.69) is 117 Å². The maximum absolute atomic E-state index is 13.7. The number of nitro groups is 1. The zero-order valence-electron chi connectivity index (χ0n) is 51.2. The summed E-state index contributed by atoms with van der Waals surface area (Å²) in [6.45, 7) is 17.5. The normalized spacial score (nSPS) is 11.6. The molecule has 0 atom stereocenters. The molecule has 3 aromatic heterocycles. The van der Waals surface area contributed by atoms with Gasteiger partial charge in [0.2, 0.25) is 15.6 Å². The number of hydrogen-bond donors (Lipinski definition) is 1. The fraction of sp³-hybridized carbons (Fsp3) is 0.111. The lowest BCUT2D eigenvalue weighted by molar-refractivity contribution is -0.597. The fourth-order valence-corrected chi connectivity index (χ4v) is 14.9. The van der Waals surface area contributed by atoms with Crippen LogP contribution in [0.2, 0.25) is 0 Å². The Morgan fingerprint density at radius 1 is 0.606 bits per heavy atom. The highest BCUT2D eigenvalue weighted by molar-refractivity contribution is 9.11. The third kappa shape index (κ3) is 15.5. The van der Waals surface area contributed by atoms with Crippen LogP contribution >= 0.6 is 31.9 Å². The van der Waals surface area contributed by atoms with Crippen LogP contribution < -0.4 is 25.9 Å². The molecular weight excluding hydrogens is 1490 g/mol. The number of carbonyl (C=O) groups excluding carboxylic acids is 1. The van der Waals surface area contributed by atoms with Gasteiger partial charge < -0.3 is 14.4 Å². The van der Waals surface area contributed by atoms with Crippen molar-refractivity contribution in [3.05, 3.63) is 277 Å². The lowest BCUT2D eigenvalue weighted by Gasteiger charge is -2.22. The molecular formula is C72H56Br2F3IN4O10S2. The van der Waals surface area contributed by atoms with E-state index in [0.29, 0.717) is 48.8 Å². The van der Waals surface area contributed by atoms with Gasteiger partial charge in [-0.1, -0.05) is 136 Å². The van der Waals surface area contributed by atoms with Crippen LogP contribution in [0.4, 0.5) is 18.9 Å². The highest BCUT2D eigenvalue weighted by Gasteiger charge is 2.37. The summed E-state index contributed by atoms with van der Waals surface area (Å²) in [5, 5.41) is 24.5. The summed E-state index contributed by atoms with van der Waals surface area (Å²) in [4.78, 5) is 38.0. The van der Waals surface area contributed by atoms with Crippen molar-refractivity contribution < 1.29 is 75.3 Å². The standard InChI is InChI=1S/C28H19NO3S.C16H10Br2N2O3.C14H14I.C13H13NO.CHF3O3S/c1-16-7-10-18(11-8-16)33(31,32)24-14-12-21-26-25(19-5-3-4-6-20(19)28(21)30)22-15-17(2)9-13-23(22)29-27(24)26;1-9-4-5-14(13(7-9)20(21)22)23-16-12(18)8-11(17)10-3-2-6-19-15(10)16;1-11-3-7-13(8-4-11)15-14-9-5-12(2)6-10-14;1-4-10-5-6-11-8(2)7-9(3)13(15)12(11)14-10;2-1(3,4)8(5,6)7/h3-15H,1-2H3;2-8H,1H3;3-10H,1-2H3;4-7,15H,1H2,2-3H3;(H,5,6,7)/q;;+1;;/p-1. The van der Waals surface area contributed by atoms with E-state index >= 15 is 0 Å². The monoisotopic (exact) mass is 1540 g/mol. The van der Waals surface area contributed by atoms with E-state index in [-0.39, 0.29) is 54.0 Å². The summed E-state index contributed by atoms with van der Waals surface area (Å²) in [5.41, 5.74) is 7.64. The molecule has 0 fully saturated rings. The molecule has 0 amide bonds. The van der Waals surface area contributed by atoms with E-state index in [4.69, 9.17) is 22.7 Å². The number of aromatic nitrogens is 3. The first kappa shape index (κ1) is 69.6. The molecule has 22 heteroatoms. The van der Waals surface area contributed by atoms with Crippen LogP contribution in [0, 0.1) is 65.7 Å². The molecule has 3 heterocycles. The number of pyridine rings is 3. The zero-order valence-corrected chi connectivity index (χ0v) is 58.1. The highest BCUT2D eigenvalue weighted by atomic mass is 127. The summed E-state index contributed by atoms with van der Waals surface area (Å²) in [7, 11) is -9.94. The molecule has 1 aliphatic carbocycles. The number of nitrogens with zero attached hydrogens (tertiary/aromatic N) is 4. The maximum Gasteiger partial charge on any atom is 0.485 e. The molecule has 9 aromatic carbocycles. The van der Waals surface area contributed by atoms with Gasteiger partial charge >= 0.3 is 32.4 Å². The number of phenolic OH excluding ortho intramolecular Hbond substituents is 1. The summed E-state index contributed by atoms with van der Waals surface area (Å²) in [6.07, 6.45) is 3.33. The minimum absolute atomic E-state index is 0.00313. The van der Waals surface area contributed by atoms with Crippen LogP contribution in [0.15, 0.2) is 214 Å². The molecule has 0 aliphatic heterocycles. The number of halogens is 6. The Balaban J connectivity index is 0.000000149. The van der Waals surface area contributed by atoms with E-state index < -0.39 is 30.4 Å². The van der Waals surface area contributed by atoms with E-state index in [1.165, 1.54) is 30.4 Å². The Bertz CT molecular complexity index is 5160. The first-order valence-corrected chi connectivity index (χ1v) is 35.1. The minimum atomic E-state index is -6.09. The number of nitro benzene ring substituents is 1. The van der Waals surface area contributed by atoms with Crippen molar-refractivity contribution in [3.8, 4) is 28.4 Å². The van der Waals surface area contributed by atoms with Gasteiger partial charge in [-0.2, -0.15) is 13.2 Å². The zero-order chi connectivity index (χ0) is 68.1. The molecule has 0 spiro atoms. The summed E-state index contributed by atoms with van der Waals surface area (Å²) < 4.78 is 96.6. The number of sulfone groups is 1. The molecule has 94 heavy (non-hydrogen) atoms. The molecule has 13 rings (SSSR count). The number of phenols is 1. The van der Waals surface area contributed by atoms with Crippen molar-refractivity contribution >= 4 is 113 Å². The van der Waals surface area contributed by atoms with E-state index in [1.807, 2.05) is 100 Å². The third-order valence-electron chi connectivity index (χ3n) is 14.7. The second-order valence-electron chi connectivity index (χ2n) is 21.7. The van der Waals surface area contributed by atoms with Crippen LogP contribution in [-0.4, -0.2) is 57.7 Å². The van der Waals surface area contributed by atoms with Crippen LogP contribution in [-0.2, 0) is 20.0 Å². The number of aryl methyl sites for hydroxylation is 7. The van der Waals surface area contributed by atoms with Crippen LogP contribution in [0.1, 0.15) is 60.6 Å². The first-order chi connectivity index (χ1) is 44.4. The molecule has 0 bridgehead atoms. The van der Waals surface area contributed by atoms with Crippen LogP contribution in [0.3, 0.4) is 0 Å². The number of aromatic hydroxyl groups is 1. The molecule has 12 aromatic rings. The van der Waals surface area contributed by atoms with Gasteiger partial charge in [-0.05, 0) is 178 Å². The van der Waals surface area contributed by atoms with Crippen LogP contribution in [0.25, 0.3) is 60.8 Å². The average molecular weight is 1550 g/mol. The van der Waals surface area contributed by atoms with Gasteiger partial charge in [0.1, 0.15) is 16.8 Å². The molecule has 1 N–H and O–H groups in total.